The third-order valence-electron chi connectivity index (χ3n) is 9.22. The average Bonchev–Trinajstić information content (AvgIpc) is 3.98. The molecule has 5 nitrogen and oxygen atoms in total. The molecule has 2 N–H and O–H groups in total. The molecule has 9 rings (SSSR count). The minimum atomic E-state index is -0.0504. The molecule has 1 aromatic heterocycles. The molecule has 4 aliphatic heterocycles. The summed E-state index contributed by atoms with van der Waals surface area (Å²) in [5, 5.41) is 16.5. The first kappa shape index (κ1) is 28.8. The lowest BCUT2D eigenvalue weighted by Gasteiger charge is -2.26. The number of fused-ring (bicyclic) bond motifs is 6. The second-order valence-electron chi connectivity index (χ2n) is 12.2. The zero-order valence-electron chi connectivity index (χ0n) is 26.5. The SMILES string of the molecule is [O-][NH+]1C2=CC=C1C(c1ccccc1)=C1C=CC(=N1)C(c1ccccc1)=c1ccc([nH]1)=C(c1ccccc1)C1=NC(=C2c2ccccc2)C=C1. The van der Waals surface area contributed by atoms with Crippen LogP contribution in [0.2, 0.25) is 0 Å². The molecule has 0 radical (unpaired) electrons. The van der Waals surface area contributed by atoms with Crippen molar-refractivity contribution < 1.29 is 5.06 Å². The first-order valence-corrected chi connectivity index (χ1v) is 16.4. The maximum Gasteiger partial charge on any atom is 0.146 e. The quantitative estimate of drug-likeness (QED) is 0.221. The van der Waals surface area contributed by atoms with Crippen molar-refractivity contribution in [2.75, 3.05) is 0 Å². The van der Waals surface area contributed by atoms with Crippen LogP contribution < -0.4 is 15.8 Å². The molecule has 232 valence electrons. The Hall–Kier alpha value is -6.40. The van der Waals surface area contributed by atoms with E-state index in [-0.39, 0.29) is 5.06 Å². The van der Waals surface area contributed by atoms with Crippen LogP contribution in [0.4, 0.5) is 0 Å². The zero-order chi connectivity index (χ0) is 32.7. The van der Waals surface area contributed by atoms with Gasteiger partial charge in [0.1, 0.15) is 11.4 Å². The molecule has 0 amide bonds. The Kier molecular flexibility index (Phi) is 7.05. The molecule has 0 fully saturated rings. The van der Waals surface area contributed by atoms with Gasteiger partial charge in [0.15, 0.2) is 0 Å². The molecule has 0 spiro atoms. The van der Waals surface area contributed by atoms with Crippen LogP contribution in [0.1, 0.15) is 22.3 Å². The summed E-state index contributed by atoms with van der Waals surface area (Å²) >= 11 is 0. The van der Waals surface area contributed by atoms with Crippen LogP contribution in [0.15, 0.2) is 203 Å². The fourth-order valence-electron chi connectivity index (χ4n) is 7.01. The van der Waals surface area contributed by atoms with E-state index in [2.05, 4.69) is 53.5 Å². The van der Waals surface area contributed by atoms with Crippen molar-refractivity contribution in [1.82, 2.24) is 4.98 Å². The lowest BCUT2D eigenvalue weighted by Crippen LogP contribution is -3.02. The molecular weight excluding hydrogens is 601 g/mol. The van der Waals surface area contributed by atoms with Crippen LogP contribution in [0, 0.1) is 5.21 Å². The van der Waals surface area contributed by atoms with Gasteiger partial charge in [-0.2, -0.15) is 0 Å². The molecular formula is C44H30N4O. The fourth-order valence-corrected chi connectivity index (χ4v) is 7.01. The van der Waals surface area contributed by atoms with Gasteiger partial charge >= 0.3 is 0 Å². The second-order valence-corrected chi connectivity index (χ2v) is 12.2. The monoisotopic (exact) mass is 630 g/mol. The molecule has 5 aromatic rings. The van der Waals surface area contributed by atoms with Gasteiger partial charge in [0.05, 0.1) is 34.0 Å². The van der Waals surface area contributed by atoms with Gasteiger partial charge in [0, 0.05) is 34.0 Å². The van der Waals surface area contributed by atoms with Gasteiger partial charge in [-0.1, -0.05) is 121 Å². The van der Waals surface area contributed by atoms with E-state index in [1.807, 2.05) is 121 Å². The molecule has 5 heterocycles. The molecule has 8 bridgehead atoms. The van der Waals surface area contributed by atoms with E-state index in [0.717, 1.165) is 78.1 Å². The van der Waals surface area contributed by atoms with Crippen LogP contribution in [0.5, 0.6) is 0 Å². The number of rotatable bonds is 4. The van der Waals surface area contributed by atoms with E-state index in [9.17, 15) is 5.21 Å². The van der Waals surface area contributed by atoms with Crippen molar-refractivity contribution in [1.29, 1.82) is 0 Å². The standard InChI is InChI=1S/C44H30N4O/c49-48-39-27-28-40(48)44(32-19-11-4-12-20-32)38-26-24-36(47-38)42(30-15-7-2-8-16-30)34-22-21-33(45-34)41(29-13-5-1-6-14-29)35-23-25-37(46-35)43(39)31-17-9-3-10-18-31/h1-28,45,48H. The number of nitrogens with one attached hydrogen (secondary N) is 2. The van der Waals surface area contributed by atoms with Crippen LogP contribution in [0.25, 0.3) is 22.3 Å². The summed E-state index contributed by atoms with van der Waals surface area (Å²) in [6, 6.07) is 45.1. The topological polar surface area (TPSA) is 68.0 Å². The first-order valence-electron chi connectivity index (χ1n) is 16.4. The number of aromatic nitrogens is 1. The van der Waals surface area contributed by atoms with Crippen molar-refractivity contribution in [2.24, 2.45) is 9.98 Å². The van der Waals surface area contributed by atoms with Crippen LogP contribution in [-0.4, -0.2) is 16.4 Å². The van der Waals surface area contributed by atoms with Gasteiger partial charge < -0.3 is 15.3 Å². The smallest absolute Gasteiger partial charge is 0.146 e. The summed E-state index contributed by atoms with van der Waals surface area (Å²) in [6.45, 7) is 0. The van der Waals surface area contributed by atoms with E-state index in [0.29, 0.717) is 11.4 Å². The molecule has 0 aliphatic carbocycles. The highest BCUT2D eigenvalue weighted by Crippen LogP contribution is 2.35. The third kappa shape index (κ3) is 5.06. The van der Waals surface area contributed by atoms with Crippen molar-refractivity contribution in [3.05, 3.63) is 231 Å². The lowest BCUT2D eigenvalue weighted by atomic mass is 9.99. The Morgan fingerprint density at radius 1 is 0.408 bits per heavy atom. The van der Waals surface area contributed by atoms with Gasteiger partial charge in [-0.05, 0) is 58.7 Å². The summed E-state index contributed by atoms with van der Waals surface area (Å²) in [4.78, 5) is 14.3. The minimum Gasteiger partial charge on any atom is -0.623 e. The lowest BCUT2D eigenvalue weighted by molar-refractivity contribution is -0.749. The molecule has 5 heteroatoms. The van der Waals surface area contributed by atoms with Gasteiger partial charge in [-0.3, -0.25) is 0 Å². The number of allylic oxidation sites excluding steroid dienone is 8. The highest BCUT2D eigenvalue weighted by atomic mass is 16.5. The molecule has 0 saturated carbocycles. The molecule has 4 aliphatic rings. The number of H-pyrrole nitrogens is 1. The maximum atomic E-state index is 14.7. The average molecular weight is 631 g/mol. The number of quaternary nitrogens is 1. The van der Waals surface area contributed by atoms with Crippen LogP contribution in [0.3, 0.4) is 0 Å². The largest absolute Gasteiger partial charge is 0.623 e. The third-order valence-corrected chi connectivity index (χ3v) is 9.22. The molecule has 4 aromatic carbocycles. The van der Waals surface area contributed by atoms with Gasteiger partial charge in [-0.15, -0.1) is 0 Å². The Balaban J connectivity index is 1.40. The number of hydrogen-bond donors (Lipinski definition) is 2. The number of aromatic amines is 1. The second kappa shape index (κ2) is 12.0. The predicted molar refractivity (Wildman–Crippen MR) is 198 cm³/mol. The summed E-state index contributed by atoms with van der Waals surface area (Å²) in [5.41, 5.74) is 11.9. The highest BCUT2D eigenvalue weighted by Gasteiger charge is 2.31. The van der Waals surface area contributed by atoms with E-state index < -0.39 is 0 Å². The van der Waals surface area contributed by atoms with E-state index in [1.54, 1.807) is 0 Å². The molecule has 49 heavy (non-hydrogen) atoms. The van der Waals surface area contributed by atoms with E-state index >= 15 is 0 Å². The number of benzene rings is 4. The number of nitrogens with zero attached hydrogens (tertiary/aromatic N) is 2. The first-order chi connectivity index (χ1) is 24.2. The summed E-state index contributed by atoms with van der Waals surface area (Å²) in [7, 11) is 0. The minimum absolute atomic E-state index is 0.0504. The Labute approximate surface area is 283 Å². The van der Waals surface area contributed by atoms with Crippen molar-refractivity contribution in [3.8, 4) is 0 Å². The van der Waals surface area contributed by atoms with Gasteiger partial charge in [-0.25, -0.2) is 9.98 Å². The van der Waals surface area contributed by atoms with Crippen LogP contribution >= 0.6 is 0 Å². The molecule has 0 saturated heterocycles. The fraction of sp³-hybridized carbons (Fsp3) is 0. The van der Waals surface area contributed by atoms with Gasteiger partial charge in [0.2, 0.25) is 0 Å². The molecule has 0 atom stereocenters. The van der Waals surface area contributed by atoms with Crippen molar-refractivity contribution in [3.63, 3.8) is 0 Å². The van der Waals surface area contributed by atoms with Crippen LogP contribution in [-0.2, 0) is 0 Å². The van der Waals surface area contributed by atoms with Crippen molar-refractivity contribution >= 4 is 33.7 Å². The normalized spacial score (nSPS) is 18.2. The van der Waals surface area contributed by atoms with Crippen molar-refractivity contribution in [2.45, 2.75) is 0 Å². The molecule has 0 unspecified atom stereocenters. The summed E-state index contributed by atoms with van der Waals surface area (Å²) in [5.74, 6) is 0. The Morgan fingerprint density at radius 3 is 1.12 bits per heavy atom. The number of aliphatic imine (C=N–C) groups is 2. The maximum absolute atomic E-state index is 14.7. The number of hydrogen-bond acceptors (Lipinski definition) is 3. The summed E-state index contributed by atoms with van der Waals surface area (Å²) < 4.78 is 0. The number of hydroxylamine groups is 2. The van der Waals surface area contributed by atoms with Gasteiger partial charge in [0.25, 0.3) is 0 Å². The highest BCUT2D eigenvalue weighted by molar-refractivity contribution is 6.31. The Bertz CT molecular complexity index is 2330. The van der Waals surface area contributed by atoms with E-state index in [1.165, 1.54) is 0 Å². The van der Waals surface area contributed by atoms with E-state index in [4.69, 9.17) is 9.98 Å². The zero-order valence-corrected chi connectivity index (χ0v) is 26.5. The summed E-state index contributed by atoms with van der Waals surface area (Å²) in [6.07, 6.45) is 12.1. The predicted octanol–water partition coefficient (Wildman–Crippen LogP) is 6.43. The Morgan fingerprint density at radius 2 is 0.755 bits per heavy atom.